The van der Waals surface area contributed by atoms with Gasteiger partial charge in [0.05, 0.1) is 12.7 Å². The number of halogens is 1. The van der Waals surface area contributed by atoms with Crippen molar-refractivity contribution in [1.82, 2.24) is 10.2 Å². The topological polar surface area (TPSA) is 24.5 Å². The molecule has 0 radical (unpaired) electrons. The second-order valence-corrected chi connectivity index (χ2v) is 7.69. The van der Waals surface area contributed by atoms with Crippen molar-refractivity contribution in [1.29, 1.82) is 0 Å². The summed E-state index contributed by atoms with van der Waals surface area (Å²) < 4.78 is 7.17. The van der Waals surface area contributed by atoms with Crippen LogP contribution in [-0.2, 0) is 11.3 Å². The van der Waals surface area contributed by atoms with Crippen LogP contribution in [0.3, 0.4) is 0 Å². The highest BCUT2D eigenvalue weighted by molar-refractivity contribution is 9.10. The predicted molar refractivity (Wildman–Crippen MR) is 82.8 cm³/mol. The van der Waals surface area contributed by atoms with Gasteiger partial charge in [-0.25, -0.2) is 0 Å². The average Bonchev–Trinajstić information content (AvgIpc) is 2.96. The van der Waals surface area contributed by atoms with Crippen LogP contribution in [0.2, 0.25) is 0 Å². The van der Waals surface area contributed by atoms with Crippen molar-refractivity contribution in [3.05, 3.63) is 20.3 Å². The van der Waals surface area contributed by atoms with Crippen LogP contribution < -0.4 is 5.32 Å². The first-order chi connectivity index (χ1) is 9.22. The lowest BCUT2D eigenvalue weighted by molar-refractivity contribution is -0.0470. The Bertz CT molecular complexity index is 418. The summed E-state index contributed by atoms with van der Waals surface area (Å²) in [4.78, 5) is 5.34. The third-order valence-corrected chi connectivity index (χ3v) is 6.18. The smallest absolute Gasteiger partial charge is 0.0827 e. The molecule has 3 heterocycles. The first-order valence-electron chi connectivity index (χ1n) is 7.03. The summed E-state index contributed by atoms with van der Waals surface area (Å²) in [7, 11) is 0. The van der Waals surface area contributed by atoms with Gasteiger partial charge < -0.3 is 10.1 Å². The summed E-state index contributed by atoms with van der Waals surface area (Å²) >= 11 is 5.42. The van der Waals surface area contributed by atoms with Crippen molar-refractivity contribution in [2.45, 2.75) is 38.5 Å². The van der Waals surface area contributed by atoms with E-state index in [1.165, 1.54) is 33.6 Å². The highest BCUT2D eigenvalue weighted by atomic mass is 79.9. The quantitative estimate of drug-likeness (QED) is 0.908. The van der Waals surface area contributed by atoms with Gasteiger partial charge in [-0.2, -0.15) is 0 Å². The molecule has 0 saturated carbocycles. The van der Waals surface area contributed by atoms with Gasteiger partial charge in [-0.05, 0) is 48.3 Å². The molecule has 106 valence electrons. The molecule has 2 unspecified atom stereocenters. The molecular weight excluding hydrogens is 324 g/mol. The summed E-state index contributed by atoms with van der Waals surface area (Å²) in [5.74, 6) is 0. The zero-order valence-electron chi connectivity index (χ0n) is 11.3. The van der Waals surface area contributed by atoms with Gasteiger partial charge in [0.15, 0.2) is 0 Å². The molecule has 0 aliphatic carbocycles. The molecule has 2 fully saturated rings. The fourth-order valence-electron chi connectivity index (χ4n) is 2.97. The van der Waals surface area contributed by atoms with Crippen molar-refractivity contribution in [2.24, 2.45) is 0 Å². The third kappa shape index (κ3) is 3.39. The van der Waals surface area contributed by atoms with Gasteiger partial charge in [0.25, 0.3) is 0 Å². The summed E-state index contributed by atoms with van der Waals surface area (Å²) in [5, 5.41) is 3.53. The van der Waals surface area contributed by atoms with Crippen LogP contribution in [0, 0.1) is 6.92 Å². The second kappa shape index (κ2) is 6.22. The maximum absolute atomic E-state index is 5.95. The van der Waals surface area contributed by atoms with Gasteiger partial charge in [-0.3, -0.25) is 4.90 Å². The van der Waals surface area contributed by atoms with E-state index in [9.17, 15) is 0 Å². The van der Waals surface area contributed by atoms with Crippen molar-refractivity contribution >= 4 is 27.3 Å². The molecule has 0 aromatic carbocycles. The standard InChI is InChI=1S/C14H21BrN2OS/c1-10-14(15)5-13(19-10)7-16-6-12-8-17-4-2-3-11(17)9-18-12/h5,11-12,16H,2-4,6-9H2,1H3. The summed E-state index contributed by atoms with van der Waals surface area (Å²) in [6.07, 6.45) is 3.03. The first kappa shape index (κ1) is 14.0. The Morgan fingerprint density at radius 1 is 1.58 bits per heavy atom. The number of thiophene rings is 1. The molecule has 19 heavy (non-hydrogen) atoms. The van der Waals surface area contributed by atoms with E-state index in [1.807, 2.05) is 11.3 Å². The van der Waals surface area contributed by atoms with E-state index in [0.717, 1.165) is 26.2 Å². The molecule has 1 N–H and O–H groups in total. The molecule has 1 aromatic rings. The largest absolute Gasteiger partial charge is 0.374 e. The number of morpholine rings is 1. The van der Waals surface area contributed by atoms with E-state index in [0.29, 0.717) is 12.1 Å². The lowest BCUT2D eigenvalue weighted by Gasteiger charge is -2.35. The Kier molecular flexibility index (Phi) is 4.59. The fourth-order valence-corrected chi connectivity index (χ4v) is 4.54. The third-order valence-electron chi connectivity index (χ3n) is 4.04. The van der Waals surface area contributed by atoms with Crippen LogP contribution in [0.25, 0.3) is 0 Å². The number of ether oxygens (including phenoxy) is 1. The molecule has 0 bridgehead atoms. The number of fused-ring (bicyclic) bond motifs is 1. The number of nitrogens with one attached hydrogen (secondary N) is 1. The van der Waals surface area contributed by atoms with Crippen LogP contribution in [-0.4, -0.2) is 43.3 Å². The normalized spacial score (nSPS) is 27.7. The highest BCUT2D eigenvalue weighted by Crippen LogP contribution is 2.26. The molecule has 5 heteroatoms. The van der Waals surface area contributed by atoms with Crippen molar-refractivity contribution in [3.63, 3.8) is 0 Å². The number of hydrogen-bond acceptors (Lipinski definition) is 4. The highest BCUT2D eigenvalue weighted by Gasteiger charge is 2.31. The van der Waals surface area contributed by atoms with E-state index in [2.05, 4.69) is 39.1 Å². The van der Waals surface area contributed by atoms with Crippen molar-refractivity contribution < 1.29 is 4.74 Å². The van der Waals surface area contributed by atoms with E-state index >= 15 is 0 Å². The van der Waals surface area contributed by atoms with Crippen LogP contribution in [0.15, 0.2) is 10.5 Å². The fraction of sp³-hybridized carbons (Fsp3) is 0.714. The molecule has 2 saturated heterocycles. The minimum Gasteiger partial charge on any atom is -0.374 e. The van der Waals surface area contributed by atoms with Crippen LogP contribution >= 0.6 is 27.3 Å². The summed E-state index contributed by atoms with van der Waals surface area (Å²) in [6.45, 7) is 7.34. The molecular formula is C14H21BrN2OS. The van der Waals surface area contributed by atoms with E-state index in [4.69, 9.17) is 4.74 Å². The zero-order valence-corrected chi connectivity index (χ0v) is 13.7. The molecule has 3 nitrogen and oxygen atoms in total. The van der Waals surface area contributed by atoms with Gasteiger partial charge in [-0.15, -0.1) is 11.3 Å². The number of aryl methyl sites for hydroxylation is 1. The molecule has 0 amide bonds. The van der Waals surface area contributed by atoms with Gasteiger partial charge in [-0.1, -0.05) is 0 Å². The zero-order chi connectivity index (χ0) is 13.2. The predicted octanol–water partition coefficient (Wildman–Crippen LogP) is 2.77. The average molecular weight is 345 g/mol. The number of hydrogen-bond donors (Lipinski definition) is 1. The number of nitrogens with zero attached hydrogens (tertiary/aromatic N) is 1. The molecule has 0 spiro atoms. The molecule has 2 atom stereocenters. The first-order valence-corrected chi connectivity index (χ1v) is 8.64. The Hall–Kier alpha value is 0.0600. The lowest BCUT2D eigenvalue weighted by atomic mass is 10.2. The van der Waals surface area contributed by atoms with Crippen molar-refractivity contribution in [3.8, 4) is 0 Å². The van der Waals surface area contributed by atoms with Gasteiger partial charge in [0, 0.05) is 39.9 Å². The van der Waals surface area contributed by atoms with Crippen LogP contribution in [0.4, 0.5) is 0 Å². The Morgan fingerprint density at radius 2 is 2.47 bits per heavy atom. The minimum atomic E-state index is 0.360. The maximum atomic E-state index is 5.95. The van der Waals surface area contributed by atoms with Gasteiger partial charge in [0.2, 0.25) is 0 Å². The van der Waals surface area contributed by atoms with Crippen LogP contribution in [0.1, 0.15) is 22.6 Å². The molecule has 2 aliphatic heterocycles. The Morgan fingerprint density at radius 3 is 3.26 bits per heavy atom. The summed E-state index contributed by atoms with van der Waals surface area (Å²) in [6, 6.07) is 2.91. The lowest BCUT2D eigenvalue weighted by Crippen LogP contribution is -2.49. The van der Waals surface area contributed by atoms with E-state index in [1.54, 1.807) is 0 Å². The van der Waals surface area contributed by atoms with Crippen LogP contribution in [0.5, 0.6) is 0 Å². The minimum absolute atomic E-state index is 0.360. The van der Waals surface area contributed by atoms with Crippen molar-refractivity contribution in [2.75, 3.05) is 26.2 Å². The Labute approximate surface area is 127 Å². The second-order valence-electron chi connectivity index (χ2n) is 5.49. The molecule has 2 aliphatic rings. The van der Waals surface area contributed by atoms with E-state index in [-0.39, 0.29) is 0 Å². The molecule has 3 rings (SSSR count). The monoisotopic (exact) mass is 344 g/mol. The van der Waals surface area contributed by atoms with Gasteiger partial charge >= 0.3 is 0 Å². The van der Waals surface area contributed by atoms with E-state index < -0.39 is 0 Å². The van der Waals surface area contributed by atoms with Gasteiger partial charge in [0.1, 0.15) is 0 Å². The summed E-state index contributed by atoms with van der Waals surface area (Å²) in [5.41, 5.74) is 0. The Balaban J connectivity index is 1.42. The maximum Gasteiger partial charge on any atom is 0.0827 e. The SMILES string of the molecule is Cc1sc(CNCC2CN3CCCC3CO2)cc1Br. The number of rotatable bonds is 4. The molecule has 1 aromatic heterocycles.